The van der Waals surface area contributed by atoms with Gasteiger partial charge in [0.2, 0.25) is 0 Å². The molecule has 2 aromatic rings. The van der Waals surface area contributed by atoms with Gasteiger partial charge in [-0.1, -0.05) is 30.3 Å². The van der Waals surface area contributed by atoms with Crippen LogP contribution >= 0.6 is 0 Å². The van der Waals surface area contributed by atoms with Crippen LogP contribution in [0, 0.1) is 0 Å². The van der Waals surface area contributed by atoms with Crippen molar-refractivity contribution in [2.75, 3.05) is 13.2 Å². The number of benzene rings is 2. The van der Waals surface area contributed by atoms with Crippen molar-refractivity contribution in [1.29, 1.82) is 0 Å². The minimum absolute atomic E-state index is 0.0449. The number of Topliss-reactive ketones (excluding diaryl/α,β-unsaturated/α-hetero) is 1. The number of hydrogen-bond acceptors (Lipinski definition) is 5. The zero-order valence-corrected chi connectivity index (χ0v) is 17.6. The molecular weight excluding hydrogens is 382 g/mol. The molecule has 6 nitrogen and oxygen atoms in total. The highest BCUT2D eigenvalue weighted by Crippen LogP contribution is 2.44. The summed E-state index contributed by atoms with van der Waals surface area (Å²) in [6.07, 6.45) is 0.348. The van der Waals surface area contributed by atoms with E-state index in [1.807, 2.05) is 31.2 Å². The fraction of sp³-hybridized carbons (Fsp3) is 0.375. The predicted octanol–water partition coefficient (Wildman–Crippen LogP) is 3.87. The van der Waals surface area contributed by atoms with Crippen molar-refractivity contribution in [2.45, 2.75) is 45.7 Å². The van der Waals surface area contributed by atoms with Gasteiger partial charge in [0.25, 0.3) is 5.91 Å². The van der Waals surface area contributed by atoms with E-state index in [4.69, 9.17) is 9.47 Å². The lowest BCUT2D eigenvalue weighted by molar-refractivity contribution is -0.157. The molecule has 1 amide bonds. The number of nitrogens with zero attached hydrogens (tertiary/aromatic N) is 1. The summed E-state index contributed by atoms with van der Waals surface area (Å²) in [6, 6.07) is 14.5. The fourth-order valence-electron chi connectivity index (χ4n) is 3.94. The molecule has 0 spiro atoms. The Balaban J connectivity index is 2.06. The first kappa shape index (κ1) is 21.6. The molecule has 2 aromatic carbocycles. The van der Waals surface area contributed by atoms with E-state index in [0.717, 1.165) is 11.3 Å². The molecule has 0 aliphatic carbocycles. The number of hydrogen-bond donors (Lipinski definition) is 0. The minimum atomic E-state index is -1.33. The van der Waals surface area contributed by atoms with E-state index in [9.17, 15) is 14.4 Å². The van der Waals surface area contributed by atoms with E-state index in [1.165, 1.54) is 6.92 Å². The second-order valence-electron chi connectivity index (χ2n) is 7.30. The Bertz CT molecular complexity index is 937. The molecule has 0 bridgehead atoms. The van der Waals surface area contributed by atoms with Crippen molar-refractivity contribution in [3.63, 3.8) is 0 Å². The SMILES string of the molecule is CCOC(=O)C1(CCC(C)=O)c2ccccc2C(=O)N1Cc1ccc(OCC)cc1. The van der Waals surface area contributed by atoms with Crippen LogP contribution in [-0.2, 0) is 26.4 Å². The van der Waals surface area contributed by atoms with Crippen LogP contribution in [0.5, 0.6) is 5.75 Å². The molecule has 0 radical (unpaired) electrons. The van der Waals surface area contributed by atoms with Gasteiger partial charge in [0.05, 0.1) is 13.2 Å². The number of carbonyl (C=O) groups is 3. The lowest BCUT2D eigenvalue weighted by Crippen LogP contribution is -2.50. The van der Waals surface area contributed by atoms with Crippen LogP contribution in [0.3, 0.4) is 0 Å². The van der Waals surface area contributed by atoms with E-state index >= 15 is 0 Å². The summed E-state index contributed by atoms with van der Waals surface area (Å²) in [4.78, 5) is 40.0. The van der Waals surface area contributed by atoms with Gasteiger partial charge in [0, 0.05) is 24.1 Å². The molecule has 158 valence electrons. The van der Waals surface area contributed by atoms with Gasteiger partial charge in [0.15, 0.2) is 5.54 Å². The molecule has 0 fully saturated rings. The Kier molecular flexibility index (Phi) is 6.55. The van der Waals surface area contributed by atoms with Gasteiger partial charge in [-0.05, 0) is 51.0 Å². The number of amides is 1. The normalized spacial score (nSPS) is 17.6. The lowest BCUT2D eigenvalue weighted by Gasteiger charge is -2.37. The summed E-state index contributed by atoms with van der Waals surface area (Å²) in [6.45, 7) is 6.10. The monoisotopic (exact) mass is 409 g/mol. The van der Waals surface area contributed by atoms with E-state index in [0.29, 0.717) is 17.7 Å². The fourth-order valence-corrected chi connectivity index (χ4v) is 3.94. The van der Waals surface area contributed by atoms with Gasteiger partial charge < -0.3 is 19.2 Å². The molecule has 1 unspecified atom stereocenters. The van der Waals surface area contributed by atoms with Gasteiger partial charge in [-0.2, -0.15) is 0 Å². The number of ether oxygens (including phenoxy) is 2. The van der Waals surface area contributed by atoms with Crippen molar-refractivity contribution >= 4 is 17.7 Å². The summed E-state index contributed by atoms with van der Waals surface area (Å²) >= 11 is 0. The standard InChI is InChI=1S/C24H27NO5/c1-4-29-19-12-10-18(11-13-19)16-25-22(27)20-8-6-7-9-21(20)24(25,15-14-17(3)26)23(28)30-5-2/h6-13H,4-5,14-16H2,1-3H3. The first-order valence-corrected chi connectivity index (χ1v) is 10.2. The maximum atomic E-state index is 13.3. The third-order valence-electron chi connectivity index (χ3n) is 5.34. The Hall–Kier alpha value is -3.15. The van der Waals surface area contributed by atoms with Crippen LogP contribution in [0.4, 0.5) is 0 Å². The topological polar surface area (TPSA) is 72.9 Å². The maximum Gasteiger partial charge on any atom is 0.336 e. The third kappa shape index (κ3) is 3.95. The second kappa shape index (κ2) is 9.11. The van der Waals surface area contributed by atoms with Gasteiger partial charge in [-0.3, -0.25) is 4.79 Å². The maximum absolute atomic E-state index is 13.3. The number of rotatable bonds is 9. The first-order valence-electron chi connectivity index (χ1n) is 10.2. The first-order chi connectivity index (χ1) is 14.4. The zero-order valence-electron chi connectivity index (χ0n) is 17.6. The molecule has 3 rings (SSSR count). The summed E-state index contributed by atoms with van der Waals surface area (Å²) in [5, 5.41) is 0. The average molecular weight is 409 g/mol. The molecule has 0 saturated heterocycles. The van der Waals surface area contributed by atoms with Crippen LogP contribution in [0.1, 0.15) is 55.1 Å². The van der Waals surface area contributed by atoms with Gasteiger partial charge >= 0.3 is 5.97 Å². The summed E-state index contributed by atoms with van der Waals surface area (Å²) in [7, 11) is 0. The second-order valence-corrected chi connectivity index (χ2v) is 7.30. The minimum Gasteiger partial charge on any atom is -0.494 e. The molecule has 1 atom stereocenters. The Morgan fingerprint density at radius 2 is 1.70 bits per heavy atom. The molecule has 0 saturated carbocycles. The number of ketones is 1. The van der Waals surface area contributed by atoms with Crippen LogP contribution < -0.4 is 4.74 Å². The largest absolute Gasteiger partial charge is 0.494 e. The van der Waals surface area contributed by atoms with E-state index in [-0.39, 0.29) is 37.7 Å². The van der Waals surface area contributed by atoms with Crippen LogP contribution in [-0.4, -0.2) is 35.8 Å². The Labute approximate surface area is 176 Å². The highest BCUT2D eigenvalue weighted by Gasteiger charge is 2.55. The van der Waals surface area contributed by atoms with E-state index in [1.54, 1.807) is 36.1 Å². The number of carbonyl (C=O) groups excluding carboxylic acids is 3. The van der Waals surface area contributed by atoms with Gasteiger partial charge in [-0.25, -0.2) is 4.79 Å². The molecule has 1 heterocycles. The van der Waals surface area contributed by atoms with Crippen LogP contribution in [0.15, 0.2) is 48.5 Å². The zero-order chi connectivity index (χ0) is 21.7. The molecule has 30 heavy (non-hydrogen) atoms. The molecule has 0 N–H and O–H groups in total. The number of fused-ring (bicyclic) bond motifs is 1. The Morgan fingerprint density at radius 1 is 1.00 bits per heavy atom. The van der Waals surface area contributed by atoms with Crippen LogP contribution in [0.25, 0.3) is 0 Å². The quantitative estimate of drug-likeness (QED) is 0.588. The number of esters is 1. The smallest absolute Gasteiger partial charge is 0.336 e. The highest BCUT2D eigenvalue weighted by molar-refractivity contribution is 6.06. The molecule has 1 aliphatic rings. The average Bonchev–Trinajstić information content (AvgIpc) is 2.97. The molecule has 6 heteroatoms. The highest BCUT2D eigenvalue weighted by atomic mass is 16.5. The van der Waals surface area contributed by atoms with Crippen molar-refractivity contribution in [3.05, 3.63) is 65.2 Å². The molecule has 0 aromatic heterocycles. The summed E-state index contributed by atoms with van der Waals surface area (Å²) in [5.41, 5.74) is 0.602. The van der Waals surface area contributed by atoms with Crippen molar-refractivity contribution in [3.8, 4) is 5.75 Å². The van der Waals surface area contributed by atoms with Crippen LogP contribution in [0.2, 0.25) is 0 Å². The van der Waals surface area contributed by atoms with Crippen molar-refractivity contribution < 1.29 is 23.9 Å². The lowest BCUT2D eigenvalue weighted by atomic mass is 9.84. The predicted molar refractivity (Wildman–Crippen MR) is 112 cm³/mol. The van der Waals surface area contributed by atoms with Gasteiger partial charge in [-0.15, -0.1) is 0 Å². The summed E-state index contributed by atoms with van der Waals surface area (Å²) < 4.78 is 10.9. The molecular formula is C24H27NO5. The van der Waals surface area contributed by atoms with E-state index in [2.05, 4.69) is 0 Å². The molecule has 1 aliphatic heterocycles. The van der Waals surface area contributed by atoms with E-state index < -0.39 is 11.5 Å². The van der Waals surface area contributed by atoms with Gasteiger partial charge in [0.1, 0.15) is 11.5 Å². The van der Waals surface area contributed by atoms with Crippen molar-refractivity contribution in [2.24, 2.45) is 0 Å². The van der Waals surface area contributed by atoms with Crippen molar-refractivity contribution in [1.82, 2.24) is 4.90 Å². The Morgan fingerprint density at radius 3 is 2.33 bits per heavy atom. The summed E-state index contributed by atoms with van der Waals surface area (Å²) in [5.74, 6) is -0.0476. The third-order valence-corrected chi connectivity index (χ3v) is 5.34.